The second kappa shape index (κ2) is 10.4. The predicted molar refractivity (Wildman–Crippen MR) is 121 cm³/mol. The van der Waals surface area contributed by atoms with Crippen LogP contribution in [0.4, 0.5) is 5.69 Å². The molecule has 1 N–H and O–H groups in total. The summed E-state index contributed by atoms with van der Waals surface area (Å²) < 4.78 is 26.9. The van der Waals surface area contributed by atoms with Gasteiger partial charge in [-0.15, -0.1) is 11.8 Å². The molecule has 6 nitrogen and oxygen atoms in total. The summed E-state index contributed by atoms with van der Waals surface area (Å²) in [5.41, 5.74) is 2.39. The molecule has 0 atom stereocenters. The largest absolute Gasteiger partial charge is 0.325 e. The zero-order valence-corrected chi connectivity index (χ0v) is 18.2. The van der Waals surface area contributed by atoms with Gasteiger partial charge in [0.15, 0.2) is 0 Å². The molecule has 1 aromatic heterocycles. The predicted octanol–water partition coefficient (Wildman–Crippen LogP) is 3.77. The molecule has 3 rings (SSSR count). The van der Waals surface area contributed by atoms with Crippen molar-refractivity contribution in [3.05, 3.63) is 90.3 Å². The van der Waals surface area contributed by atoms with Gasteiger partial charge in [0, 0.05) is 31.2 Å². The van der Waals surface area contributed by atoms with E-state index in [0.29, 0.717) is 11.4 Å². The average Bonchev–Trinajstić information content (AvgIpc) is 2.75. The van der Waals surface area contributed by atoms with E-state index in [4.69, 9.17) is 0 Å². The minimum atomic E-state index is -3.62. The lowest BCUT2D eigenvalue weighted by Crippen LogP contribution is -2.26. The van der Waals surface area contributed by atoms with E-state index in [9.17, 15) is 13.2 Å². The van der Waals surface area contributed by atoms with Crippen LogP contribution in [0.5, 0.6) is 0 Å². The Hall–Kier alpha value is -2.68. The van der Waals surface area contributed by atoms with Crippen LogP contribution in [-0.2, 0) is 27.1 Å². The number of aromatic nitrogens is 1. The molecule has 1 heterocycles. The van der Waals surface area contributed by atoms with Gasteiger partial charge in [0.25, 0.3) is 0 Å². The van der Waals surface area contributed by atoms with Gasteiger partial charge in [-0.25, -0.2) is 8.42 Å². The molecular weight excluding hydrogens is 418 g/mol. The zero-order chi connectivity index (χ0) is 21.4. The highest BCUT2D eigenvalue weighted by molar-refractivity contribution is 7.99. The molecule has 1 amide bonds. The summed E-state index contributed by atoms with van der Waals surface area (Å²) in [6.07, 6.45) is 1.73. The lowest BCUT2D eigenvalue weighted by atomic mass is 10.2. The van der Waals surface area contributed by atoms with Crippen LogP contribution < -0.4 is 5.32 Å². The normalized spacial score (nSPS) is 11.4. The van der Waals surface area contributed by atoms with Crippen molar-refractivity contribution in [2.75, 3.05) is 18.1 Å². The molecule has 0 radical (unpaired) electrons. The summed E-state index contributed by atoms with van der Waals surface area (Å²) in [4.78, 5) is 16.5. The number of nitrogens with zero attached hydrogens (tertiary/aromatic N) is 2. The number of hydrogen-bond acceptors (Lipinski definition) is 5. The van der Waals surface area contributed by atoms with Crippen LogP contribution in [0, 0.1) is 0 Å². The molecule has 0 aliphatic carbocycles. The lowest BCUT2D eigenvalue weighted by molar-refractivity contribution is -0.113. The van der Waals surface area contributed by atoms with Gasteiger partial charge < -0.3 is 5.32 Å². The fourth-order valence-electron chi connectivity index (χ4n) is 2.74. The molecule has 0 saturated carbocycles. The van der Waals surface area contributed by atoms with Gasteiger partial charge in [0.1, 0.15) is 0 Å². The average molecular weight is 442 g/mol. The van der Waals surface area contributed by atoms with Crippen LogP contribution in [0.25, 0.3) is 0 Å². The first-order chi connectivity index (χ1) is 14.4. The molecule has 0 fully saturated rings. The number of anilines is 1. The number of thioether (sulfide) groups is 1. The van der Waals surface area contributed by atoms with E-state index in [2.05, 4.69) is 10.3 Å². The van der Waals surface area contributed by atoms with Crippen molar-refractivity contribution in [2.24, 2.45) is 0 Å². The Kier molecular flexibility index (Phi) is 7.62. The van der Waals surface area contributed by atoms with Crippen molar-refractivity contribution in [2.45, 2.75) is 17.2 Å². The maximum atomic E-state index is 12.8. The van der Waals surface area contributed by atoms with E-state index in [1.807, 2.05) is 48.5 Å². The smallest absolute Gasteiger partial charge is 0.243 e. The van der Waals surface area contributed by atoms with Gasteiger partial charge in [-0.1, -0.05) is 36.4 Å². The molecule has 156 valence electrons. The van der Waals surface area contributed by atoms with Crippen molar-refractivity contribution in [1.82, 2.24) is 9.29 Å². The molecule has 0 aliphatic rings. The molecule has 3 aromatic rings. The number of carbonyl (C=O) groups excluding carboxylic acids is 1. The highest BCUT2D eigenvalue weighted by Gasteiger charge is 2.20. The van der Waals surface area contributed by atoms with Crippen molar-refractivity contribution in [3.8, 4) is 0 Å². The Balaban J connectivity index is 1.53. The number of nitrogens with one attached hydrogen (secondary N) is 1. The highest BCUT2D eigenvalue weighted by atomic mass is 32.2. The molecule has 2 aromatic carbocycles. The Labute approximate surface area is 181 Å². The second-order valence-electron chi connectivity index (χ2n) is 6.63. The third-order valence-electron chi connectivity index (χ3n) is 4.30. The Morgan fingerprint density at radius 1 is 1.00 bits per heavy atom. The fraction of sp³-hybridized carbons (Fsp3) is 0.182. The van der Waals surface area contributed by atoms with Crippen LogP contribution in [0.15, 0.2) is 83.9 Å². The Morgan fingerprint density at radius 3 is 2.37 bits per heavy atom. The number of pyridine rings is 1. The number of benzene rings is 2. The minimum absolute atomic E-state index is 0.146. The molecular formula is C22H23N3O3S2. The third-order valence-corrected chi connectivity index (χ3v) is 7.09. The molecule has 0 saturated heterocycles. The van der Waals surface area contributed by atoms with Crippen LogP contribution in [0.3, 0.4) is 0 Å². The minimum Gasteiger partial charge on any atom is -0.325 e. The van der Waals surface area contributed by atoms with Crippen molar-refractivity contribution in [1.29, 1.82) is 0 Å². The fourth-order valence-corrected chi connectivity index (χ4v) is 4.64. The van der Waals surface area contributed by atoms with E-state index in [1.165, 1.54) is 28.2 Å². The van der Waals surface area contributed by atoms with Crippen LogP contribution in [0.1, 0.15) is 11.3 Å². The maximum Gasteiger partial charge on any atom is 0.243 e. The van der Waals surface area contributed by atoms with Gasteiger partial charge in [0.05, 0.1) is 16.3 Å². The lowest BCUT2D eigenvalue weighted by Gasteiger charge is -2.17. The molecule has 0 aliphatic heterocycles. The number of sulfonamides is 1. The standard InChI is InChI=1S/C22H23N3O3S2/c1-25(15-18-7-3-2-4-8-18)30(27,28)21-12-10-19(11-13-21)24-22(26)17-29-16-20-9-5-6-14-23-20/h2-14H,15-17H2,1H3,(H,24,26). The zero-order valence-electron chi connectivity index (χ0n) is 16.6. The first-order valence-corrected chi connectivity index (χ1v) is 11.9. The van der Waals surface area contributed by atoms with E-state index in [1.54, 1.807) is 25.4 Å². The van der Waals surface area contributed by atoms with Gasteiger partial charge in [0.2, 0.25) is 15.9 Å². The number of rotatable bonds is 9. The van der Waals surface area contributed by atoms with E-state index < -0.39 is 10.0 Å². The quantitative estimate of drug-likeness (QED) is 0.547. The van der Waals surface area contributed by atoms with Crippen LogP contribution in [0.2, 0.25) is 0 Å². The number of carbonyl (C=O) groups is 1. The molecule has 0 unspecified atom stereocenters. The number of amides is 1. The summed E-state index contributed by atoms with van der Waals surface area (Å²) in [6.45, 7) is 0.287. The van der Waals surface area contributed by atoms with Crippen LogP contribution in [-0.4, -0.2) is 36.4 Å². The second-order valence-corrected chi connectivity index (χ2v) is 9.66. The summed E-state index contributed by atoms with van der Waals surface area (Å²) in [6, 6.07) is 21.3. The van der Waals surface area contributed by atoms with Gasteiger partial charge in [-0.2, -0.15) is 4.31 Å². The Bertz CT molecular complexity index is 1060. The topological polar surface area (TPSA) is 79.4 Å². The van der Waals surface area contributed by atoms with Gasteiger partial charge >= 0.3 is 0 Å². The maximum absolute atomic E-state index is 12.8. The Morgan fingerprint density at radius 2 is 1.70 bits per heavy atom. The molecule has 0 bridgehead atoms. The highest BCUT2D eigenvalue weighted by Crippen LogP contribution is 2.19. The van der Waals surface area contributed by atoms with E-state index in [-0.39, 0.29) is 23.1 Å². The van der Waals surface area contributed by atoms with Gasteiger partial charge in [-0.3, -0.25) is 9.78 Å². The monoisotopic (exact) mass is 441 g/mol. The first-order valence-electron chi connectivity index (χ1n) is 9.33. The summed E-state index contributed by atoms with van der Waals surface area (Å²) in [5.74, 6) is 0.794. The van der Waals surface area contributed by atoms with Crippen molar-refractivity contribution in [3.63, 3.8) is 0 Å². The third kappa shape index (κ3) is 6.16. The van der Waals surface area contributed by atoms with Crippen molar-refractivity contribution < 1.29 is 13.2 Å². The van der Waals surface area contributed by atoms with Crippen LogP contribution >= 0.6 is 11.8 Å². The molecule has 30 heavy (non-hydrogen) atoms. The summed E-state index contributed by atoms with van der Waals surface area (Å²) >= 11 is 1.47. The molecule has 8 heteroatoms. The van der Waals surface area contributed by atoms with E-state index >= 15 is 0 Å². The molecule has 0 spiro atoms. The van der Waals surface area contributed by atoms with E-state index in [0.717, 1.165) is 11.3 Å². The van der Waals surface area contributed by atoms with Gasteiger partial charge in [-0.05, 0) is 42.0 Å². The number of hydrogen-bond donors (Lipinski definition) is 1. The van der Waals surface area contributed by atoms with Crippen molar-refractivity contribution >= 4 is 33.4 Å². The SMILES string of the molecule is CN(Cc1ccccc1)S(=O)(=O)c1ccc(NC(=O)CSCc2ccccn2)cc1. The summed E-state index contributed by atoms with van der Waals surface area (Å²) in [5, 5.41) is 2.79. The first kappa shape index (κ1) is 22.0. The summed E-state index contributed by atoms with van der Waals surface area (Å²) in [7, 11) is -2.07.